The molecular formula is C10H16N2O2. The lowest BCUT2D eigenvalue weighted by Gasteiger charge is -2.14. The zero-order chi connectivity index (χ0) is 10.4. The van der Waals surface area contributed by atoms with E-state index in [1.165, 1.54) is 12.7 Å². The highest BCUT2D eigenvalue weighted by Crippen LogP contribution is 2.01. The zero-order valence-electron chi connectivity index (χ0n) is 8.62. The maximum atomic E-state index is 10.9. The Kier molecular flexibility index (Phi) is 4.19. The first-order valence-electron chi connectivity index (χ1n) is 4.59. The lowest BCUT2D eigenvalue weighted by molar-refractivity contribution is -0.140. The molecule has 4 nitrogen and oxygen atoms in total. The summed E-state index contributed by atoms with van der Waals surface area (Å²) in [7, 11) is 3.39. The van der Waals surface area contributed by atoms with Crippen molar-refractivity contribution in [3.63, 3.8) is 0 Å². The first-order valence-corrected chi connectivity index (χ1v) is 4.59. The number of nitrogens with zero attached hydrogens (tertiary/aromatic N) is 1. The number of aromatic amines is 1. The van der Waals surface area contributed by atoms with Crippen LogP contribution >= 0.6 is 0 Å². The molecule has 0 fully saturated rings. The zero-order valence-corrected chi connectivity index (χ0v) is 8.62. The monoisotopic (exact) mass is 196 g/mol. The fraction of sp³-hybridized carbons (Fsp3) is 0.500. The van der Waals surface area contributed by atoms with E-state index in [4.69, 9.17) is 0 Å². The van der Waals surface area contributed by atoms with Gasteiger partial charge < -0.3 is 14.6 Å². The summed E-state index contributed by atoms with van der Waals surface area (Å²) in [5.41, 5.74) is 1.22. The van der Waals surface area contributed by atoms with Gasteiger partial charge in [0, 0.05) is 25.5 Å². The number of nitrogens with one attached hydrogen (secondary N) is 1. The number of carbonyl (C=O) groups is 1. The average Bonchev–Trinajstić information content (AvgIpc) is 2.66. The highest BCUT2D eigenvalue weighted by molar-refractivity contribution is 5.69. The summed E-state index contributed by atoms with van der Waals surface area (Å²) in [6.45, 7) is 1.57. The Hall–Kier alpha value is -1.29. The molecule has 0 saturated carbocycles. The topological polar surface area (TPSA) is 45.3 Å². The molecule has 0 aliphatic carbocycles. The third-order valence-electron chi connectivity index (χ3n) is 2.04. The van der Waals surface area contributed by atoms with Crippen LogP contribution in [0.2, 0.25) is 0 Å². The Morgan fingerprint density at radius 1 is 1.64 bits per heavy atom. The van der Waals surface area contributed by atoms with Crippen molar-refractivity contribution < 1.29 is 9.53 Å². The highest BCUT2D eigenvalue weighted by atomic mass is 16.5. The summed E-state index contributed by atoms with van der Waals surface area (Å²) in [6, 6.07) is 2.02. The van der Waals surface area contributed by atoms with Crippen LogP contribution in [0.4, 0.5) is 0 Å². The molecule has 0 aliphatic heterocycles. The molecule has 0 unspecified atom stereocenters. The van der Waals surface area contributed by atoms with Gasteiger partial charge in [0.1, 0.15) is 0 Å². The molecule has 1 aromatic heterocycles. The van der Waals surface area contributed by atoms with E-state index in [0.29, 0.717) is 6.42 Å². The number of hydrogen-bond donors (Lipinski definition) is 1. The van der Waals surface area contributed by atoms with Gasteiger partial charge in [0.05, 0.1) is 13.5 Å². The first-order chi connectivity index (χ1) is 6.72. The molecule has 0 radical (unpaired) electrons. The third-order valence-corrected chi connectivity index (χ3v) is 2.04. The van der Waals surface area contributed by atoms with Gasteiger partial charge in [-0.25, -0.2) is 0 Å². The quantitative estimate of drug-likeness (QED) is 0.715. The number of ether oxygens (including phenoxy) is 1. The molecule has 0 spiro atoms. The fourth-order valence-electron chi connectivity index (χ4n) is 1.23. The van der Waals surface area contributed by atoms with Crippen molar-refractivity contribution >= 4 is 5.97 Å². The van der Waals surface area contributed by atoms with E-state index >= 15 is 0 Å². The van der Waals surface area contributed by atoms with Gasteiger partial charge in [0.2, 0.25) is 0 Å². The van der Waals surface area contributed by atoms with Crippen LogP contribution in [-0.4, -0.2) is 36.6 Å². The van der Waals surface area contributed by atoms with E-state index < -0.39 is 0 Å². The summed E-state index contributed by atoms with van der Waals surface area (Å²) < 4.78 is 4.56. The Morgan fingerprint density at radius 3 is 3.00 bits per heavy atom. The van der Waals surface area contributed by atoms with Crippen molar-refractivity contribution in [3.05, 3.63) is 24.0 Å². The Balaban J connectivity index is 2.22. The van der Waals surface area contributed by atoms with E-state index in [2.05, 4.69) is 14.6 Å². The molecule has 0 aromatic carbocycles. The lowest BCUT2D eigenvalue weighted by atomic mass is 10.3. The molecule has 0 aliphatic rings. The van der Waals surface area contributed by atoms with Gasteiger partial charge in [0.25, 0.3) is 0 Å². The maximum absolute atomic E-state index is 10.9. The lowest BCUT2D eigenvalue weighted by Crippen LogP contribution is -2.21. The molecule has 78 valence electrons. The first kappa shape index (κ1) is 10.8. The van der Waals surface area contributed by atoms with Gasteiger partial charge in [-0.3, -0.25) is 4.79 Å². The van der Waals surface area contributed by atoms with E-state index in [-0.39, 0.29) is 5.97 Å². The van der Waals surface area contributed by atoms with Crippen molar-refractivity contribution in [1.29, 1.82) is 0 Å². The van der Waals surface area contributed by atoms with Crippen molar-refractivity contribution in [1.82, 2.24) is 9.88 Å². The summed E-state index contributed by atoms with van der Waals surface area (Å²) in [4.78, 5) is 15.9. The Bertz CT molecular complexity index is 270. The van der Waals surface area contributed by atoms with Crippen LogP contribution in [0.3, 0.4) is 0 Å². The van der Waals surface area contributed by atoms with E-state index in [1.54, 1.807) is 0 Å². The second-order valence-corrected chi connectivity index (χ2v) is 3.28. The summed E-state index contributed by atoms with van der Waals surface area (Å²) in [5, 5.41) is 0. The minimum atomic E-state index is -0.161. The second kappa shape index (κ2) is 5.44. The molecule has 14 heavy (non-hydrogen) atoms. The Labute approximate surface area is 83.9 Å². The molecule has 0 saturated heterocycles. The summed E-state index contributed by atoms with van der Waals surface area (Å²) in [6.07, 6.45) is 4.29. The fourth-order valence-corrected chi connectivity index (χ4v) is 1.23. The standard InChI is InChI=1S/C10H16N2O2/c1-12(6-4-10(13)14-2)8-9-3-5-11-7-9/h3,5,7,11H,4,6,8H2,1-2H3. The van der Waals surface area contributed by atoms with Crippen LogP contribution in [0, 0.1) is 0 Å². The van der Waals surface area contributed by atoms with Crippen molar-refractivity contribution in [3.8, 4) is 0 Å². The van der Waals surface area contributed by atoms with Crippen LogP contribution in [0.5, 0.6) is 0 Å². The molecule has 1 aromatic rings. The minimum Gasteiger partial charge on any atom is -0.469 e. The number of aromatic nitrogens is 1. The number of methoxy groups -OCH3 is 1. The van der Waals surface area contributed by atoms with Gasteiger partial charge in [0.15, 0.2) is 0 Å². The van der Waals surface area contributed by atoms with Gasteiger partial charge >= 0.3 is 5.97 Å². The van der Waals surface area contributed by atoms with Gasteiger partial charge in [-0.2, -0.15) is 0 Å². The largest absolute Gasteiger partial charge is 0.469 e. The smallest absolute Gasteiger partial charge is 0.306 e. The third kappa shape index (κ3) is 3.62. The number of carbonyl (C=O) groups excluding carboxylic acids is 1. The molecule has 1 heterocycles. The number of rotatable bonds is 5. The molecule has 4 heteroatoms. The van der Waals surface area contributed by atoms with E-state index in [9.17, 15) is 4.79 Å². The molecule has 1 N–H and O–H groups in total. The van der Waals surface area contributed by atoms with Crippen molar-refractivity contribution in [2.75, 3.05) is 20.7 Å². The van der Waals surface area contributed by atoms with Crippen molar-refractivity contribution in [2.24, 2.45) is 0 Å². The molecule has 0 bridgehead atoms. The second-order valence-electron chi connectivity index (χ2n) is 3.28. The predicted molar refractivity (Wildman–Crippen MR) is 53.8 cm³/mol. The number of H-pyrrole nitrogens is 1. The summed E-state index contributed by atoms with van der Waals surface area (Å²) in [5.74, 6) is -0.161. The highest BCUT2D eigenvalue weighted by Gasteiger charge is 2.04. The normalized spacial score (nSPS) is 10.5. The molecular weight excluding hydrogens is 180 g/mol. The summed E-state index contributed by atoms with van der Waals surface area (Å²) >= 11 is 0. The van der Waals surface area contributed by atoms with Gasteiger partial charge in [-0.05, 0) is 18.7 Å². The average molecular weight is 196 g/mol. The van der Waals surface area contributed by atoms with Crippen LogP contribution in [-0.2, 0) is 16.1 Å². The van der Waals surface area contributed by atoms with Gasteiger partial charge in [-0.1, -0.05) is 0 Å². The van der Waals surface area contributed by atoms with Crippen LogP contribution in [0.1, 0.15) is 12.0 Å². The predicted octanol–water partition coefficient (Wildman–Crippen LogP) is 1.01. The molecule has 0 atom stereocenters. The van der Waals surface area contributed by atoms with Crippen molar-refractivity contribution in [2.45, 2.75) is 13.0 Å². The number of esters is 1. The minimum absolute atomic E-state index is 0.161. The SMILES string of the molecule is COC(=O)CCN(C)Cc1cc[nH]c1. The molecule has 0 amide bonds. The van der Waals surface area contributed by atoms with Crippen LogP contribution in [0.15, 0.2) is 18.5 Å². The van der Waals surface area contributed by atoms with E-state index in [0.717, 1.165) is 13.1 Å². The van der Waals surface area contributed by atoms with Gasteiger partial charge in [-0.15, -0.1) is 0 Å². The van der Waals surface area contributed by atoms with E-state index in [1.807, 2.05) is 25.5 Å². The Morgan fingerprint density at radius 2 is 2.43 bits per heavy atom. The number of hydrogen-bond acceptors (Lipinski definition) is 3. The van der Waals surface area contributed by atoms with Crippen LogP contribution < -0.4 is 0 Å². The maximum Gasteiger partial charge on any atom is 0.306 e. The molecule has 1 rings (SSSR count). The van der Waals surface area contributed by atoms with Crippen LogP contribution in [0.25, 0.3) is 0 Å².